The first-order chi connectivity index (χ1) is 8.24. The summed E-state index contributed by atoms with van der Waals surface area (Å²) in [7, 11) is 0. The van der Waals surface area contributed by atoms with Gasteiger partial charge in [0.1, 0.15) is 0 Å². The van der Waals surface area contributed by atoms with Crippen molar-refractivity contribution in [3.8, 4) is 0 Å². The zero-order chi connectivity index (χ0) is 12.3. The minimum absolute atomic E-state index is 0.00881. The largest absolute Gasteiger partial charge is 0.347 e. The van der Waals surface area contributed by atoms with Crippen molar-refractivity contribution in [3.05, 3.63) is 30.5 Å². The second-order valence-electron chi connectivity index (χ2n) is 4.04. The fraction of sp³-hybridized carbons (Fsp3) is 0.308. The van der Waals surface area contributed by atoms with Gasteiger partial charge >= 0.3 is 0 Å². The van der Waals surface area contributed by atoms with Crippen LogP contribution in [0.15, 0.2) is 30.5 Å². The van der Waals surface area contributed by atoms with Crippen LogP contribution in [-0.2, 0) is 11.3 Å². The SMILES string of the molecule is CCCn1ccc2cc(NC(=O)CN)ccc21. The third kappa shape index (κ3) is 2.47. The lowest BCUT2D eigenvalue weighted by atomic mass is 10.2. The number of nitrogens with one attached hydrogen (secondary N) is 1. The molecule has 0 aliphatic carbocycles. The van der Waals surface area contributed by atoms with Gasteiger partial charge in [-0.25, -0.2) is 0 Å². The van der Waals surface area contributed by atoms with Crippen LogP contribution in [0.2, 0.25) is 0 Å². The zero-order valence-corrected chi connectivity index (χ0v) is 9.94. The number of fused-ring (bicyclic) bond motifs is 1. The highest BCUT2D eigenvalue weighted by atomic mass is 16.1. The molecule has 2 rings (SSSR count). The molecule has 1 aromatic heterocycles. The van der Waals surface area contributed by atoms with Crippen molar-refractivity contribution >= 4 is 22.5 Å². The van der Waals surface area contributed by atoms with Crippen LogP contribution in [0.5, 0.6) is 0 Å². The monoisotopic (exact) mass is 231 g/mol. The van der Waals surface area contributed by atoms with Crippen LogP contribution in [-0.4, -0.2) is 17.0 Å². The quantitative estimate of drug-likeness (QED) is 0.844. The summed E-state index contributed by atoms with van der Waals surface area (Å²) >= 11 is 0. The minimum Gasteiger partial charge on any atom is -0.347 e. The molecule has 0 aliphatic rings. The molecule has 0 radical (unpaired) electrons. The highest BCUT2D eigenvalue weighted by Gasteiger charge is 2.03. The average molecular weight is 231 g/mol. The van der Waals surface area contributed by atoms with Gasteiger partial charge in [0.05, 0.1) is 6.54 Å². The van der Waals surface area contributed by atoms with Gasteiger partial charge in [-0.05, 0) is 30.7 Å². The molecule has 0 bridgehead atoms. The van der Waals surface area contributed by atoms with Gasteiger partial charge in [-0.15, -0.1) is 0 Å². The first-order valence-corrected chi connectivity index (χ1v) is 5.83. The summed E-state index contributed by atoms with van der Waals surface area (Å²) in [4.78, 5) is 11.2. The van der Waals surface area contributed by atoms with E-state index in [4.69, 9.17) is 5.73 Å². The minimum atomic E-state index is -0.169. The first kappa shape index (κ1) is 11.7. The summed E-state index contributed by atoms with van der Waals surface area (Å²) in [5, 5.41) is 3.88. The maximum Gasteiger partial charge on any atom is 0.238 e. The van der Waals surface area contributed by atoms with Crippen molar-refractivity contribution in [2.45, 2.75) is 19.9 Å². The number of hydrogen-bond donors (Lipinski definition) is 2. The van der Waals surface area contributed by atoms with Crippen LogP contribution in [0.1, 0.15) is 13.3 Å². The van der Waals surface area contributed by atoms with E-state index in [2.05, 4.69) is 29.1 Å². The molecule has 1 amide bonds. The van der Waals surface area contributed by atoms with Crippen molar-refractivity contribution in [2.75, 3.05) is 11.9 Å². The van der Waals surface area contributed by atoms with Crippen molar-refractivity contribution in [1.82, 2.24) is 4.57 Å². The Kier molecular flexibility index (Phi) is 3.44. The Morgan fingerprint density at radius 1 is 1.41 bits per heavy atom. The van der Waals surface area contributed by atoms with Gasteiger partial charge in [0.15, 0.2) is 0 Å². The molecule has 0 saturated carbocycles. The molecule has 0 spiro atoms. The van der Waals surface area contributed by atoms with E-state index < -0.39 is 0 Å². The van der Waals surface area contributed by atoms with E-state index in [0.29, 0.717) is 0 Å². The van der Waals surface area contributed by atoms with Crippen LogP contribution in [0.25, 0.3) is 10.9 Å². The predicted molar refractivity (Wildman–Crippen MR) is 69.9 cm³/mol. The van der Waals surface area contributed by atoms with Crippen LogP contribution in [0.3, 0.4) is 0 Å². The van der Waals surface area contributed by atoms with E-state index >= 15 is 0 Å². The average Bonchev–Trinajstić information content (AvgIpc) is 2.72. The third-order valence-electron chi connectivity index (χ3n) is 2.70. The van der Waals surface area contributed by atoms with Crippen molar-refractivity contribution in [2.24, 2.45) is 5.73 Å². The number of nitrogens with zero attached hydrogens (tertiary/aromatic N) is 1. The van der Waals surface area contributed by atoms with E-state index in [9.17, 15) is 4.79 Å². The molecule has 0 atom stereocenters. The number of hydrogen-bond acceptors (Lipinski definition) is 2. The number of benzene rings is 1. The van der Waals surface area contributed by atoms with E-state index in [1.54, 1.807) is 0 Å². The highest BCUT2D eigenvalue weighted by Crippen LogP contribution is 2.20. The fourth-order valence-electron chi connectivity index (χ4n) is 1.93. The summed E-state index contributed by atoms with van der Waals surface area (Å²) in [5.41, 5.74) is 7.25. The first-order valence-electron chi connectivity index (χ1n) is 5.83. The smallest absolute Gasteiger partial charge is 0.238 e. The number of aromatic nitrogens is 1. The molecule has 17 heavy (non-hydrogen) atoms. The Hall–Kier alpha value is -1.81. The number of rotatable bonds is 4. The Balaban J connectivity index is 2.29. The maximum absolute atomic E-state index is 11.2. The number of carbonyl (C=O) groups is 1. The van der Waals surface area contributed by atoms with Gasteiger partial charge in [0.2, 0.25) is 5.91 Å². The van der Waals surface area contributed by atoms with Crippen LogP contribution >= 0.6 is 0 Å². The Labute approximate surface area is 100 Å². The lowest BCUT2D eigenvalue weighted by Gasteiger charge is -2.05. The molecule has 4 heteroatoms. The topological polar surface area (TPSA) is 60.0 Å². The second kappa shape index (κ2) is 5.01. The second-order valence-corrected chi connectivity index (χ2v) is 4.04. The maximum atomic E-state index is 11.2. The summed E-state index contributed by atoms with van der Waals surface area (Å²) in [5.74, 6) is -0.169. The predicted octanol–water partition coefficient (Wildman–Crippen LogP) is 1.95. The summed E-state index contributed by atoms with van der Waals surface area (Å²) in [6.45, 7) is 3.18. The van der Waals surface area contributed by atoms with E-state index in [1.807, 2.05) is 18.2 Å². The normalized spacial score (nSPS) is 10.7. The summed E-state index contributed by atoms with van der Waals surface area (Å²) < 4.78 is 2.21. The van der Waals surface area contributed by atoms with E-state index in [-0.39, 0.29) is 12.5 Å². The van der Waals surface area contributed by atoms with Gasteiger partial charge in [0, 0.05) is 29.3 Å². The molecule has 0 unspecified atom stereocenters. The van der Waals surface area contributed by atoms with Crippen molar-refractivity contribution in [1.29, 1.82) is 0 Å². The number of amides is 1. The lowest BCUT2D eigenvalue weighted by molar-refractivity contribution is -0.114. The van der Waals surface area contributed by atoms with Gasteiger partial charge in [-0.3, -0.25) is 4.79 Å². The van der Waals surface area contributed by atoms with E-state index in [1.165, 1.54) is 5.52 Å². The molecular weight excluding hydrogens is 214 g/mol. The molecular formula is C13H17N3O. The van der Waals surface area contributed by atoms with Gasteiger partial charge in [-0.2, -0.15) is 0 Å². The molecule has 3 N–H and O–H groups in total. The van der Waals surface area contributed by atoms with Gasteiger partial charge < -0.3 is 15.6 Å². The standard InChI is InChI=1S/C13H17N3O/c1-2-6-16-7-5-10-8-11(3-4-12(10)16)15-13(17)9-14/h3-5,7-8H,2,6,9,14H2,1H3,(H,15,17). The van der Waals surface area contributed by atoms with Crippen LogP contribution in [0.4, 0.5) is 5.69 Å². The van der Waals surface area contributed by atoms with Crippen LogP contribution < -0.4 is 11.1 Å². The molecule has 90 valence electrons. The number of nitrogens with two attached hydrogens (primary N) is 1. The summed E-state index contributed by atoms with van der Waals surface area (Å²) in [6.07, 6.45) is 3.18. The lowest BCUT2D eigenvalue weighted by Crippen LogP contribution is -2.21. The molecule has 0 aliphatic heterocycles. The van der Waals surface area contributed by atoms with Crippen molar-refractivity contribution in [3.63, 3.8) is 0 Å². The Bertz CT molecular complexity index is 530. The van der Waals surface area contributed by atoms with Gasteiger partial charge in [0.25, 0.3) is 0 Å². The van der Waals surface area contributed by atoms with Crippen molar-refractivity contribution < 1.29 is 4.79 Å². The molecule has 4 nitrogen and oxygen atoms in total. The Morgan fingerprint density at radius 2 is 2.24 bits per heavy atom. The van der Waals surface area contributed by atoms with E-state index in [0.717, 1.165) is 24.0 Å². The van der Waals surface area contributed by atoms with Crippen LogP contribution in [0, 0.1) is 0 Å². The molecule has 0 fully saturated rings. The number of carbonyl (C=O) groups excluding carboxylic acids is 1. The fourth-order valence-corrected chi connectivity index (χ4v) is 1.93. The molecule has 1 aromatic carbocycles. The highest BCUT2D eigenvalue weighted by molar-refractivity contribution is 5.94. The number of anilines is 1. The number of aryl methyl sites for hydroxylation is 1. The van der Waals surface area contributed by atoms with Gasteiger partial charge in [-0.1, -0.05) is 6.92 Å². The zero-order valence-electron chi connectivity index (χ0n) is 9.94. The third-order valence-corrected chi connectivity index (χ3v) is 2.70. The molecule has 1 heterocycles. The Morgan fingerprint density at radius 3 is 2.94 bits per heavy atom. The molecule has 2 aromatic rings. The molecule has 0 saturated heterocycles. The summed E-state index contributed by atoms with van der Waals surface area (Å²) in [6, 6.07) is 7.96.